The molecule has 1 heterocycles. The molecule has 0 unspecified atom stereocenters. The zero-order valence-electron chi connectivity index (χ0n) is 13.6. The standard InChI is InChI=1S/C20H18INO3/c21-17-8-10-18(11-9-17)25-15-20(23)22(14-19-7-4-12-24-19)13-16-5-2-1-3-6-16/h1-12H,13-15H2. The molecular weight excluding hydrogens is 429 g/mol. The van der Waals surface area contributed by atoms with Gasteiger partial charge in [0.05, 0.1) is 12.8 Å². The molecule has 4 nitrogen and oxygen atoms in total. The first-order valence-electron chi connectivity index (χ1n) is 7.93. The first-order valence-corrected chi connectivity index (χ1v) is 9.01. The van der Waals surface area contributed by atoms with Gasteiger partial charge in [0.2, 0.25) is 0 Å². The minimum atomic E-state index is -0.0844. The van der Waals surface area contributed by atoms with Crippen molar-refractivity contribution < 1.29 is 13.9 Å². The molecular formula is C20H18INO3. The monoisotopic (exact) mass is 447 g/mol. The molecule has 0 bridgehead atoms. The topological polar surface area (TPSA) is 42.7 Å². The molecule has 25 heavy (non-hydrogen) atoms. The van der Waals surface area contributed by atoms with E-state index in [1.54, 1.807) is 11.2 Å². The number of nitrogens with zero attached hydrogens (tertiary/aromatic N) is 1. The van der Waals surface area contributed by atoms with E-state index in [1.807, 2.05) is 66.7 Å². The lowest BCUT2D eigenvalue weighted by Crippen LogP contribution is -2.34. The van der Waals surface area contributed by atoms with Crippen LogP contribution in [0.15, 0.2) is 77.4 Å². The highest BCUT2D eigenvalue weighted by Crippen LogP contribution is 2.15. The quantitative estimate of drug-likeness (QED) is 0.502. The molecule has 0 N–H and O–H groups in total. The van der Waals surface area contributed by atoms with E-state index in [4.69, 9.17) is 9.15 Å². The summed E-state index contributed by atoms with van der Waals surface area (Å²) in [5.41, 5.74) is 1.07. The summed E-state index contributed by atoms with van der Waals surface area (Å²) in [5, 5.41) is 0. The maximum absolute atomic E-state index is 12.7. The van der Waals surface area contributed by atoms with Crippen LogP contribution >= 0.6 is 22.6 Å². The van der Waals surface area contributed by atoms with E-state index in [1.165, 1.54) is 0 Å². The number of carbonyl (C=O) groups excluding carboxylic acids is 1. The van der Waals surface area contributed by atoms with Gasteiger partial charge < -0.3 is 14.1 Å². The first kappa shape index (κ1) is 17.5. The summed E-state index contributed by atoms with van der Waals surface area (Å²) in [6.07, 6.45) is 1.61. The number of carbonyl (C=O) groups is 1. The average molecular weight is 447 g/mol. The maximum atomic E-state index is 12.7. The SMILES string of the molecule is O=C(COc1ccc(I)cc1)N(Cc1ccccc1)Cc1ccco1. The third-order valence-corrected chi connectivity index (χ3v) is 4.39. The van der Waals surface area contributed by atoms with Crippen LogP contribution in [0.4, 0.5) is 0 Å². The summed E-state index contributed by atoms with van der Waals surface area (Å²) < 4.78 is 12.2. The van der Waals surface area contributed by atoms with Crippen molar-refractivity contribution in [3.8, 4) is 5.75 Å². The van der Waals surface area contributed by atoms with Crippen LogP contribution in [0, 0.1) is 3.57 Å². The third kappa shape index (κ3) is 5.35. The van der Waals surface area contributed by atoms with Gasteiger partial charge in [0.15, 0.2) is 6.61 Å². The van der Waals surface area contributed by atoms with E-state index in [9.17, 15) is 4.79 Å². The van der Waals surface area contributed by atoms with Gasteiger partial charge in [0, 0.05) is 10.1 Å². The van der Waals surface area contributed by atoms with Crippen LogP contribution in [-0.2, 0) is 17.9 Å². The zero-order valence-corrected chi connectivity index (χ0v) is 15.8. The van der Waals surface area contributed by atoms with Crippen molar-refractivity contribution >= 4 is 28.5 Å². The van der Waals surface area contributed by atoms with Crippen LogP contribution in [0.3, 0.4) is 0 Å². The van der Waals surface area contributed by atoms with Crippen molar-refractivity contribution in [1.82, 2.24) is 4.90 Å². The molecule has 0 fully saturated rings. The molecule has 0 saturated heterocycles. The van der Waals surface area contributed by atoms with Gasteiger partial charge >= 0.3 is 0 Å². The molecule has 1 aromatic heterocycles. The number of furan rings is 1. The molecule has 0 spiro atoms. The fraction of sp³-hybridized carbons (Fsp3) is 0.150. The van der Waals surface area contributed by atoms with Crippen LogP contribution in [0.2, 0.25) is 0 Å². The summed E-state index contributed by atoms with van der Waals surface area (Å²) in [6.45, 7) is 0.918. The lowest BCUT2D eigenvalue weighted by atomic mass is 10.2. The zero-order chi connectivity index (χ0) is 17.5. The second-order valence-corrected chi connectivity index (χ2v) is 6.80. The molecule has 1 amide bonds. The molecule has 3 aromatic rings. The Hall–Kier alpha value is -2.28. The molecule has 5 heteroatoms. The van der Waals surface area contributed by atoms with E-state index < -0.39 is 0 Å². The van der Waals surface area contributed by atoms with Crippen LogP contribution in [-0.4, -0.2) is 17.4 Å². The fourth-order valence-electron chi connectivity index (χ4n) is 2.39. The first-order chi connectivity index (χ1) is 12.2. The number of hydrogen-bond acceptors (Lipinski definition) is 3. The van der Waals surface area contributed by atoms with Crippen LogP contribution in [0.1, 0.15) is 11.3 Å². The summed E-state index contributed by atoms with van der Waals surface area (Å²) >= 11 is 2.23. The van der Waals surface area contributed by atoms with E-state index in [2.05, 4.69) is 22.6 Å². The van der Waals surface area contributed by atoms with E-state index >= 15 is 0 Å². The van der Waals surface area contributed by atoms with E-state index in [0.717, 1.165) is 14.9 Å². The number of amides is 1. The molecule has 3 rings (SSSR count). The Balaban J connectivity index is 1.66. The van der Waals surface area contributed by atoms with Gasteiger partial charge in [-0.15, -0.1) is 0 Å². The molecule has 2 aromatic carbocycles. The number of hydrogen-bond donors (Lipinski definition) is 0. The highest BCUT2D eigenvalue weighted by molar-refractivity contribution is 14.1. The average Bonchev–Trinajstić information content (AvgIpc) is 3.14. The maximum Gasteiger partial charge on any atom is 0.261 e. The predicted octanol–water partition coefficient (Wildman–Crippen LogP) is 4.49. The number of ether oxygens (including phenoxy) is 1. The fourth-order valence-corrected chi connectivity index (χ4v) is 2.75. The summed E-state index contributed by atoms with van der Waals surface area (Å²) in [5.74, 6) is 1.35. The van der Waals surface area contributed by atoms with Gasteiger partial charge in [-0.2, -0.15) is 0 Å². The van der Waals surface area contributed by atoms with Crippen molar-refractivity contribution in [3.05, 3.63) is 87.9 Å². The summed E-state index contributed by atoms with van der Waals surface area (Å²) in [4.78, 5) is 14.4. The van der Waals surface area contributed by atoms with Crippen molar-refractivity contribution in [2.75, 3.05) is 6.61 Å². The Morgan fingerprint density at radius 1 is 0.960 bits per heavy atom. The third-order valence-electron chi connectivity index (χ3n) is 3.67. The lowest BCUT2D eigenvalue weighted by molar-refractivity contribution is -0.134. The van der Waals surface area contributed by atoms with Gasteiger partial charge in [-0.3, -0.25) is 4.79 Å². The molecule has 0 aliphatic carbocycles. The van der Waals surface area contributed by atoms with Gasteiger partial charge in [0.25, 0.3) is 5.91 Å². The molecule has 0 aliphatic heterocycles. The molecule has 0 aliphatic rings. The minimum Gasteiger partial charge on any atom is -0.484 e. The van der Waals surface area contributed by atoms with Crippen molar-refractivity contribution in [1.29, 1.82) is 0 Å². The molecule has 128 valence electrons. The molecule has 0 saturated carbocycles. The number of benzene rings is 2. The molecule has 0 atom stereocenters. The van der Waals surface area contributed by atoms with E-state index in [-0.39, 0.29) is 12.5 Å². The minimum absolute atomic E-state index is 0.00582. The summed E-state index contributed by atoms with van der Waals surface area (Å²) in [6, 6.07) is 21.2. The highest BCUT2D eigenvalue weighted by Gasteiger charge is 2.16. The van der Waals surface area contributed by atoms with Crippen molar-refractivity contribution in [3.63, 3.8) is 0 Å². The Kier molecular flexibility index (Phi) is 6.11. The Bertz CT molecular complexity index is 786. The van der Waals surface area contributed by atoms with Gasteiger partial charge in [-0.1, -0.05) is 30.3 Å². The van der Waals surface area contributed by atoms with Gasteiger partial charge in [0.1, 0.15) is 11.5 Å². The van der Waals surface area contributed by atoms with Crippen molar-refractivity contribution in [2.24, 2.45) is 0 Å². The Labute approximate surface area is 160 Å². The number of halogens is 1. The van der Waals surface area contributed by atoms with Gasteiger partial charge in [-0.25, -0.2) is 0 Å². The molecule has 0 radical (unpaired) electrons. The largest absolute Gasteiger partial charge is 0.484 e. The normalized spacial score (nSPS) is 10.4. The lowest BCUT2D eigenvalue weighted by Gasteiger charge is -2.22. The summed E-state index contributed by atoms with van der Waals surface area (Å²) in [7, 11) is 0. The number of rotatable bonds is 7. The van der Waals surface area contributed by atoms with Crippen LogP contribution < -0.4 is 4.74 Å². The second kappa shape index (κ2) is 8.71. The van der Waals surface area contributed by atoms with Crippen LogP contribution in [0.5, 0.6) is 5.75 Å². The predicted molar refractivity (Wildman–Crippen MR) is 104 cm³/mol. The Morgan fingerprint density at radius 3 is 2.40 bits per heavy atom. The van der Waals surface area contributed by atoms with Gasteiger partial charge in [-0.05, 0) is 64.6 Å². The van der Waals surface area contributed by atoms with Crippen molar-refractivity contribution in [2.45, 2.75) is 13.1 Å². The highest BCUT2D eigenvalue weighted by atomic mass is 127. The second-order valence-electron chi connectivity index (χ2n) is 5.56. The smallest absolute Gasteiger partial charge is 0.261 e. The van der Waals surface area contributed by atoms with E-state index in [0.29, 0.717) is 18.8 Å². The van der Waals surface area contributed by atoms with Crippen LogP contribution in [0.25, 0.3) is 0 Å². The Morgan fingerprint density at radius 2 is 1.72 bits per heavy atom.